The minimum atomic E-state index is -0.425. The Labute approximate surface area is 115 Å². The monoisotopic (exact) mass is 329 g/mol. The molecular formula is C11H9BrFN3OS. The van der Waals surface area contributed by atoms with E-state index in [1.54, 1.807) is 11.4 Å². The topological polar surface area (TPSA) is 68.0 Å². The van der Waals surface area contributed by atoms with Crippen molar-refractivity contribution in [3.8, 4) is 0 Å². The lowest BCUT2D eigenvalue weighted by atomic mass is 10.3. The van der Waals surface area contributed by atoms with Crippen molar-refractivity contribution in [2.45, 2.75) is 6.42 Å². The van der Waals surface area contributed by atoms with Crippen LogP contribution in [0.3, 0.4) is 0 Å². The van der Waals surface area contributed by atoms with Gasteiger partial charge in [-0.3, -0.25) is 4.79 Å². The second kappa shape index (κ2) is 5.45. The Kier molecular flexibility index (Phi) is 3.93. The third-order valence-electron chi connectivity index (χ3n) is 2.11. The van der Waals surface area contributed by atoms with Gasteiger partial charge in [0.1, 0.15) is 5.82 Å². The molecular weight excluding hydrogens is 321 g/mol. The summed E-state index contributed by atoms with van der Waals surface area (Å²) in [5.41, 5.74) is 6.47. The predicted octanol–water partition coefficient (Wildman–Crippen LogP) is 2.81. The molecule has 0 fully saturated rings. The highest BCUT2D eigenvalue weighted by Gasteiger charge is 2.08. The number of rotatable bonds is 3. The van der Waals surface area contributed by atoms with Crippen molar-refractivity contribution in [1.29, 1.82) is 0 Å². The normalized spacial score (nSPS) is 10.3. The number of aromatic nitrogens is 1. The highest BCUT2D eigenvalue weighted by molar-refractivity contribution is 9.10. The lowest BCUT2D eigenvalue weighted by Gasteiger charge is -2.04. The number of nitrogen functional groups attached to an aromatic ring is 1. The average Bonchev–Trinajstić information content (AvgIpc) is 2.69. The fourth-order valence-corrected chi connectivity index (χ4v) is 2.16. The first-order chi connectivity index (χ1) is 8.54. The van der Waals surface area contributed by atoms with Gasteiger partial charge in [-0.1, -0.05) is 0 Å². The fourth-order valence-electron chi connectivity index (χ4n) is 1.35. The van der Waals surface area contributed by atoms with Gasteiger partial charge < -0.3 is 11.1 Å². The van der Waals surface area contributed by atoms with Crippen LogP contribution in [0.5, 0.6) is 0 Å². The Balaban J connectivity index is 2.00. The van der Waals surface area contributed by atoms with Crippen molar-refractivity contribution in [2.75, 3.05) is 11.1 Å². The number of halogens is 2. The molecule has 0 saturated heterocycles. The molecule has 1 heterocycles. The van der Waals surface area contributed by atoms with Gasteiger partial charge in [0, 0.05) is 11.1 Å². The summed E-state index contributed by atoms with van der Waals surface area (Å²) in [6.07, 6.45) is 0.116. The maximum atomic E-state index is 13.2. The van der Waals surface area contributed by atoms with Crippen molar-refractivity contribution >= 4 is 44.0 Å². The third-order valence-corrected chi connectivity index (χ3v) is 3.48. The van der Waals surface area contributed by atoms with E-state index in [9.17, 15) is 9.18 Å². The first kappa shape index (κ1) is 13.0. The Morgan fingerprint density at radius 2 is 2.33 bits per heavy atom. The van der Waals surface area contributed by atoms with Crippen LogP contribution in [-0.4, -0.2) is 10.9 Å². The summed E-state index contributed by atoms with van der Waals surface area (Å²) in [6.45, 7) is 0. The van der Waals surface area contributed by atoms with E-state index in [1.807, 2.05) is 0 Å². The predicted molar refractivity (Wildman–Crippen MR) is 73.0 cm³/mol. The Morgan fingerprint density at radius 1 is 1.56 bits per heavy atom. The molecule has 0 bridgehead atoms. The number of anilines is 2. The van der Waals surface area contributed by atoms with Crippen molar-refractivity contribution in [2.24, 2.45) is 0 Å². The van der Waals surface area contributed by atoms with Crippen LogP contribution < -0.4 is 11.1 Å². The molecule has 2 rings (SSSR count). The zero-order valence-electron chi connectivity index (χ0n) is 9.11. The summed E-state index contributed by atoms with van der Waals surface area (Å²) in [5, 5.41) is 4.73. The van der Waals surface area contributed by atoms with Crippen LogP contribution in [-0.2, 0) is 11.2 Å². The summed E-state index contributed by atoms with van der Waals surface area (Å²) in [4.78, 5) is 15.6. The van der Waals surface area contributed by atoms with E-state index in [-0.39, 0.29) is 12.3 Å². The van der Waals surface area contributed by atoms with Crippen LogP contribution in [0.1, 0.15) is 5.69 Å². The molecule has 0 radical (unpaired) electrons. The lowest BCUT2D eigenvalue weighted by Crippen LogP contribution is -2.14. The van der Waals surface area contributed by atoms with Gasteiger partial charge in [-0.05, 0) is 34.1 Å². The van der Waals surface area contributed by atoms with Crippen LogP contribution >= 0.6 is 27.3 Å². The molecule has 0 saturated carbocycles. The van der Waals surface area contributed by atoms with E-state index >= 15 is 0 Å². The van der Waals surface area contributed by atoms with Gasteiger partial charge in [-0.2, -0.15) is 0 Å². The second-order valence-electron chi connectivity index (χ2n) is 3.53. The molecule has 0 spiro atoms. The van der Waals surface area contributed by atoms with Gasteiger partial charge in [0.05, 0.1) is 16.6 Å². The highest BCUT2D eigenvalue weighted by Crippen LogP contribution is 2.19. The van der Waals surface area contributed by atoms with Gasteiger partial charge in [0.2, 0.25) is 5.91 Å². The van der Waals surface area contributed by atoms with Crippen LogP contribution in [0.2, 0.25) is 0 Å². The molecule has 2 aromatic rings. The van der Waals surface area contributed by atoms with Crippen molar-refractivity contribution in [3.63, 3.8) is 0 Å². The molecule has 0 unspecified atom stereocenters. The molecule has 0 aliphatic rings. The first-order valence-electron chi connectivity index (χ1n) is 4.99. The Hall–Kier alpha value is -1.47. The zero-order valence-corrected chi connectivity index (χ0v) is 11.5. The number of nitrogens with one attached hydrogen (secondary N) is 1. The lowest BCUT2D eigenvalue weighted by molar-refractivity contribution is -0.115. The highest BCUT2D eigenvalue weighted by atomic mass is 79.9. The molecule has 1 aromatic carbocycles. The number of carbonyl (C=O) groups is 1. The molecule has 7 heteroatoms. The summed E-state index contributed by atoms with van der Waals surface area (Å²) in [7, 11) is 0. The molecule has 4 nitrogen and oxygen atoms in total. The first-order valence-corrected chi connectivity index (χ1v) is 6.66. The summed E-state index contributed by atoms with van der Waals surface area (Å²) >= 11 is 4.32. The van der Waals surface area contributed by atoms with E-state index in [4.69, 9.17) is 5.73 Å². The fraction of sp³-hybridized carbons (Fsp3) is 0.0909. The van der Waals surface area contributed by atoms with Crippen molar-refractivity contribution < 1.29 is 9.18 Å². The minimum absolute atomic E-state index is 0.116. The van der Waals surface area contributed by atoms with E-state index in [0.717, 1.165) is 0 Å². The standard InChI is InChI=1S/C11H9BrFN3OS/c12-8-2-1-6(3-9(8)13)15-10(17)4-7-5-18-11(14)16-7/h1-3,5H,4H2,(H2,14,16)(H,15,17). The Bertz CT molecular complexity index is 587. The van der Waals surface area contributed by atoms with Crippen LogP contribution in [0.4, 0.5) is 15.2 Å². The largest absolute Gasteiger partial charge is 0.375 e. The van der Waals surface area contributed by atoms with Gasteiger partial charge in [0.15, 0.2) is 5.13 Å². The van der Waals surface area contributed by atoms with Gasteiger partial charge in [-0.15, -0.1) is 11.3 Å². The molecule has 94 valence electrons. The molecule has 3 N–H and O–H groups in total. The number of amides is 1. The third kappa shape index (κ3) is 3.27. The number of thiazole rings is 1. The number of nitrogens with zero attached hydrogens (tertiary/aromatic N) is 1. The van der Waals surface area contributed by atoms with Gasteiger partial charge in [0.25, 0.3) is 0 Å². The number of benzene rings is 1. The number of hydrogen-bond donors (Lipinski definition) is 2. The SMILES string of the molecule is Nc1nc(CC(=O)Nc2ccc(Br)c(F)c2)cs1. The van der Waals surface area contributed by atoms with Crippen LogP contribution in [0, 0.1) is 5.82 Å². The van der Waals surface area contributed by atoms with Gasteiger partial charge >= 0.3 is 0 Å². The smallest absolute Gasteiger partial charge is 0.230 e. The molecule has 0 aliphatic carbocycles. The Morgan fingerprint density at radius 3 is 2.94 bits per heavy atom. The van der Waals surface area contributed by atoms with Crippen LogP contribution in [0.15, 0.2) is 28.1 Å². The number of hydrogen-bond acceptors (Lipinski definition) is 4. The van der Waals surface area contributed by atoms with E-state index in [2.05, 4.69) is 26.2 Å². The maximum Gasteiger partial charge on any atom is 0.230 e. The van der Waals surface area contributed by atoms with E-state index < -0.39 is 5.82 Å². The van der Waals surface area contributed by atoms with Crippen molar-refractivity contribution in [1.82, 2.24) is 4.98 Å². The molecule has 0 aliphatic heterocycles. The zero-order chi connectivity index (χ0) is 13.1. The quantitative estimate of drug-likeness (QED) is 0.909. The summed E-state index contributed by atoms with van der Waals surface area (Å²) in [6, 6.07) is 4.39. The van der Waals surface area contributed by atoms with Crippen LogP contribution in [0.25, 0.3) is 0 Å². The van der Waals surface area contributed by atoms with E-state index in [0.29, 0.717) is 21.0 Å². The van der Waals surface area contributed by atoms with Crippen molar-refractivity contribution in [3.05, 3.63) is 39.6 Å². The van der Waals surface area contributed by atoms with E-state index in [1.165, 1.54) is 23.5 Å². The maximum absolute atomic E-state index is 13.2. The summed E-state index contributed by atoms with van der Waals surface area (Å²) in [5.74, 6) is -0.687. The summed E-state index contributed by atoms with van der Waals surface area (Å²) < 4.78 is 13.6. The number of nitrogens with two attached hydrogens (primary N) is 1. The second-order valence-corrected chi connectivity index (χ2v) is 5.27. The number of carbonyl (C=O) groups excluding carboxylic acids is 1. The molecule has 18 heavy (non-hydrogen) atoms. The molecule has 0 atom stereocenters. The molecule has 1 aromatic heterocycles. The molecule has 1 amide bonds. The minimum Gasteiger partial charge on any atom is -0.375 e. The average molecular weight is 330 g/mol. The van der Waals surface area contributed by atoms with Gasteiger partial charge in [-0.25, -0.2) is 9.37 Å².